The van der Waals surface area contributed by atoms with Crippen LogP contribution in [-0.4, -0.2) is 32.9 Å². The van der Waals surface area contributed by atoms with Gasteiger partial charge in [-0.05, 0) is 67.3 Å². The van der Waals surface area contributed by atoms with Crippen molar-refractivity contribution >= 4 is 40.8 Å². The molecule has 0 unspecified atom stereocenters. The lowest BCUT2D eigenvalue weighted by atomic mass is 10.0. The predicted octanol–water partition coefficient (Wildman–Crippen LogP) is 5.03. The third-order valence-corrected chi connectivity index (χ3v) is 6.93. The number of carbonyl (C=O) groups is 3. The Morgan fingerprint density at radius 2 is 1.73 bits per heavy atom. The van der Waals surface area contributed by atoms with E-state index in [9.17, 15) is 28.0 Å². The van der Waals surface area contributed by atoms with Gasteiger partial charge in [0.05, 0.1) is 11.3 Å². The molecule has 9 nitrogen and oxygen atoms in total. The van der Waals surface area contributed by atoms with Gasteiger partial charge in [0.15, 0.2) is 0 Å². The van der Waals surface area contributed by atoms with Crippen LogP contribution in [0.5, 0.6) is 0 Å². The smallest absolute Gasteiger partial charge is 0.303 e. The van der Waals surface area contributed by atoms with Crippen molar-refractivity contribution in [3.05, 3.63) is 104 Å². The molecule has 0 atom stereocenters. The molecule has 0 bridgehead atoms. The van der Waals surface area contributed by atoms with Crippen LogP contribution in [0, 0.1) is 25.5 Å². The summed E-state index contributed by atoms with van der Waals surface area (Å²) in [6.45, 7) is 3.71. The topological polar surface area (TPSA) is 144 Å². The summed E-state index contributed by atoms with van der Waals surface area (Å²) in [5.74, 6) is -3.72. The maximum atomic E-state index is 13.7. The Hall–Kier alpha value is -5.32. The van der Waals surface area contributed by atoms with Gasteiger partial charge in [-0.3, -0.25) is 19.2 Å². The molecule has 0 fully saturated rings. The van der Waals surface area contributed by atoms with E-state index < -0.39 is 28.9 Å². The van der Waals surface area contributed by atoms with Gasteiger partial charge in [0.25, 0.3) is 11.8 Å². The molecule has 208 valence electrons. The molecule has 1 aliphatic rings. The first kappa shape index (κ1) is 27.3. The van der Waals surface area contributed by atoms with Crippen LogP contribution in [0.4, 0.5) is 20.2 Å². The molecule has 0 spiro atoms. The molecule has 0 saturated carbocycles. The fraction of sp³-hybridized carbons (Fsp3) is 0.133. The van der Waals surface area contributed by atoms with Crippen molar-refractivity contribution in [1.82, 2.24) is 9.97 Å². The molecule has 0 saturated heterocycles. The van der Waals surface area contributed by atoms with Gasteiger partial charge in [-0.2, -0.15) is 0 Å². The third kappa shape index (κ3) is 5.42. The lowest BCUT2D eigenvalue weighted by Gasteiger charge is -2.08. The van der Waals surface area contributed by atoms with E-state index in [0.29, 0.717) is 40.7 Å². The Bertz CT molecular complexity index is 1820. The van der Waals surface area contributed by atoms with Crippen LogP contribution in [0.1, 0.15) is 44.9 Å². The molecule has 0 aliphatic carbocycles. The molecular formula is C30H24F2N4O5. The minimum absolute atomic E-state index is 0.00706. The Morgan fingerprint density at radius 1 is 1.00 bits per heavy atom. The summed E-state index contributed by atoms with van der Waals surface area (Å²) in [7, 11) is 0. The van der Waals surface area contributed by atoms with Crippen molar-refractivity contribution in [3.8, 4) is 11.1 Å². The van der Waals surface area contributed by atoms with Gasteiger partial charge in [-0.25, -0.2) is 8.78 Å². The number of aliphatic carboxylic acids is 1. The largest absolute Gasteiger partial charge is 0.481 e. The zero-order chi connectivity index (χ0) is 29.4. The first-order valence-electron chi connectivity index (χ1n) is 12.6. The van der Waals surface area contributed by atoms with E-state index in [4.69, 9.17) is 5.11 Å². The lowest BCUT2D eigenvalue weighted by molar-refractivity contribution is -0.137. The van der Waals surface area contributed by atoms with E-state index in [1.54, 1.807) is 24.3 Å². The number of aryl methyl sites for hydroxylation is 1. The van der Waals surface area contributed by atoms with E-state index in [1.807, 2.05) is 13.8 Å². The molecule has 3 heterocycles. The standard InChI is InChI=1S/C30H24F2N4O5/c1-14-20(5-6-27(37)38)15(2)34-25(14)11-22-21-4-3-19(10-26(21)36-29(22)40)35-30(41)24-13-33-12-23(28(24)39)16-7-17(31)9-18(32)8-16/h3-4,7-13,34H,5-6H2,1-2H3,(H,33,39)(H,35,41)(H,36,40)(H,37,38). The van der Waals surface area contributed by atoms with E-state index in [2.05, 4.69) is 20.6 Å². The van der Waals surface area contributed by atoms with E-state index in [0.717, 1.165) is 29.0 Å². The summed E-state index contributed by atoms with van der Waals surface area (Å²) in [6, 6.07) is 7.46. The number of nitrogens with one attached hydrogen (secondary N) is 4. The Kier molecular flexibility index (Phi) is 7.10. The van der Waals surface area contributed by atoms with Crippen molar-refractivity contribution in [2.24, 2.45) is 0 Å². The number of anilines is 2. The highest BCUT2D eigenvalue weighted by molar-refractivity contribution is 6.35. The third-order valence-electron chi connectivity index (χ3n) is 6.93. The van der Waals surface area contributed by atoms with Gasteiger partial charge in [0.1, 0.15) is 17.2 Å². The number of hydrogen-bond donors (Lipinski definition) is 5. The number of pyridine rings is 1. The molecule has 2 amide bonds. The van der Waals surface area contributed by atoms with E-state index >= 15 is 0 Å². The zero-order valence-electron chi connectivity index (χ0n) is 21.9. The summed E-state index contributed by atoms with van der Waals surface area (Å²) in [5.41, 5.74) is 3.92. The highest BCUT2D eigenvalue weighted by Gasteiger charge is 2.26. The van der Waals surface area contributed by atoms with Gasteiger partial charge in [0.2, 0.25) is 5.43 Å². The lowest BCUT2D eigenvalue weighted by Crippen LogP contribution is -2.22. The monoisotopic (exact) mass is 558 g/mol. The highest BCUT2D eigenvalue weighted by Crippen LogP contribution is 2.36. The van der Waals surface area contributed by atoms with Gasteiger partial charge in [-0.15, -0.1) is 0 Å². The number of carbonyl (C=O) groups excluding carboxylic acids is 2. The number of amides is 2. The van der Waals surface area contributed by atoms with Gasteiger partial charge in [0, 0.05) is 53.1 Å². The van der Waals surface area contributed by atoms with Crippen LogP contribution in [-0.2, 0) is 16.0 Å². The van der Waals surface area contributed by atoms with Crippen molar-refractivity contribution in [2.45, 2.75) is 26.7 Å². The minimum Gasteiger partial charge on any atom is -0.481 e. The van der Waals surface area contributed by atoms with Crippen LogP contribution in [0.3, 0.4) is 0 Å². The number of benzene rings is 2. The molecule has 4 aromatic rings. The van der Waals surface area contributed by atoms with Gasteiger partial charge >= 0.3 is 5.97 Å². The average Bonchev–Trinajstić information content (AvgIpc) is 3.35. The second-order valence-corrected chi connectivity index (χ2v) is 9.66. The number of halogens is 2. The van der Waals surface area contributed by atoms with Crippen molar-refractivity contribution in [1.29, 1.82) is 0 Å². The Balaban J connectivity index is 1.40. The summed E-state index contributed by atoms with van der Waals surface area (Å²) >= 11 is 0. The average molecular weight is 559 g/mol. The molecule has 2 aromatic heterocycles. The van der Waals surface area contributed by atoms with Crippen molar-refractivity contribution in [2.75, 3.05) is 10.6 Å². The van der Waals surface area contributed by atoms with Crippen LogP contribution in [0.2, 0.25) is 0 Å². The molecule has 0 radical (unpaired) electrons. The number of rotatable bonds is 7. The first-order valence-corrected chi connectivity index (χ1v) is 12.6. The molecule has 41 heavy (non-hydrogen) atoms. The number of aromatic amines is 2. The minimum atomic E-state index is -0.892. The number of carboxylic acids is 1. The quantitative estimate of drug-likeness (QED) is 0.202. The molecule has 5 N–H and O–H groups in total. The van der Waals surface area contributed by atoms with E-state index in [-0.39, 0.29) is 29.0 Å². The van der Waals surface area contributed by atoms with Crippen LogP contribution >= 0.6 is 0 Å². The second kappa shape index (κ2) is 10.7. The number of carboxylic acid groups (broad SMARTS) is 1. The number of aromatic nitrogens is 2. The van der Waals surface area contributed by atoms with Gasteiger partial charge in [-0.1, -0.05) is 6.07 Å². The number of fused-ring (bicyclic) bond motifs is 1. The maximum Gasteiger partial charge on any atom is 0.303 e. The summed E-state index contributed by atoms with van der Waals surface area (Å²) in [6.07, 6.45) is 4.51. The van der Waals surface area contributed by atoms with Crippen molar-refractivity contribution in [3.63, 3.8) is 0 Å². The van der Waals surface area contributed by atoms with Gasteiger partial charge < -0.3 is 25.7 Å². The highest BCUT2D eigenvalue weighted by atomic mass is 19.1. The van der Waals surface area contributed by atoms with Crippen molar-refractivity contribution < 1.29 is 28.3 Å². The fourth-order valence-electron chi connectivity index (χ4n) is 4.90. The fourth-order valence-corrected chi connectivity index (χ4v) is 4.90. The molecule has 1 aliphatic heterocycles. The molecule has 5 rings (SSSR count). The van der Waals surface area contributed by atoms with Crippen LogP contribution < -0.4 is 16.1 Å². The predicted molar refractivity (Wildman–Crippen MR) is 150 cm³/mol. The zero-order valence-corrected chi connectivity index (χ0v) is 21.9. The summed E-state index contributed by atoms with van der Waals surface area (Å²) in [5, 5.41) is 14.4. The second-order valence-electron chi connectivity index (χ2n) is 9.66. The van der Waals surface area contributed by atoms with Crippen LogP contribution in [0.25, 0.3) is 22.8 Å². The molecule has 2 aromatic carbocycles. The normalized spacial score (nSPS) is 13.3. The molecule has 11 heteroatoms. The van der Waals surface area contributed by atoms with E-state index in [1.165, 1.54) is 12.4 Å². The SMILES string of the molecule is Cc1[nH]c(C=C2C(=O)Nc3cc(NC(=O)c4c[nH]cc(-c5cc(F)cc(F)c5)c4=O)ccc32)c(C)c1CCC(=O)O. The van der Waals surface area contributed by atoms with Crippen LogP contribution in [0.15, 0.2) is 53.6 Å². The summed E-state index contributed by atoms with van der Waals surface area (Å²) in [4.78, 5) is 55.7. The maximum absolute atomic E-state index is 13.7. The number of H-pyrrole nitrogens is 2. The Labute approximate surface area is 231 Å². The summed E-state index contributed by atoms with van der Waals surface area (Å²) < 4.78 is 27.4. The number of hydrogen-bond acceptors (Lipinski definition) is 4. The molecular weight excluding hydrogens is 534 g/mol. The Morgan fingerprint density at radius 3 is 2.44 bits per heavy atom. The first-order chi connectivity index (χ1) is 19.5.